The average Bonchev–Trinajstić information content (AvgIpc) is 2.97. The molecule has 3 heterocycles. The first-order valence-electron chi connectivity index (χ1n) is 8.52. The van der Waals surface area contributed by atoms with Crippen LogP contribution in [-0.4, -0.2) is 21.0 Å². The molecule has 0 aromatic heterocycles. The zero-order valence-corrected chi connectivity index (χ0v) is 14.2. The number of nitrogens with zero attached hydrogens (tertiary/aromatic N) is 2. The number of rotatable bonds is 2. The van der Waals surface area contributed by atoms with Crippen molar-refractivity contribution < 1.29 is 8.78 Å². The fourth-order valence-corrected chi connectivity index (χ4v) is 3.73. The number of aryl methyl sites for hydroxylation is 1. The van der Waals surface area contributed by atoms with Crippen molar-refractivity contribution in [3.63, 3.8) is 0 Å². The molecule has 3 unspecified atom stereocenters. The van der Waals surface area contributed by atoms with Gasteiger partial charge < -0.3 is 10.3 Å². The molecule has 25 heavy (non-hydrogen) atoms. The van der Waals surface area contributed by atoms with Crippen LogP contribution in [-0.2, 0) is 0 Å². The Hall–Kier alpha value is -2.34. The molecule has 3 aliphatic heterocycles. The minimum atomic E-state index is -0.816. The van der Waals surface area contributed by atoms with Gasteiger partial charge in [-0.2, -0.15) is 0 Å². The molecule has 1 saturated heterocycles. The van der Waals surface area contributed by atoms with Crippen molar-refractivity contribution in [1.82, 2.24) is 20.3 Å². The van der Waals surface area contributed by atoms with Crippen molar-refractivity contribution in [2.75, 3.05) is 0 Å². The topological polar surface area (TPSA) is 53.6 Å². The van der Waals surface area contributed by atoms with Gasteiger partial charge in [-0.15, -0.1) is 0 Å². The SMILES string of the molecule is Cc1cnc2cnc(C3CC(C)NC(c4ccc(F)c(F)c4)C3)[nH]c1-2. The highest BCUT2D eigenvalue weighted by molar-refractivity contribution is 5.59. The highest BCUT2D eigenvalue weighted by Gasteiger charge is 2.30. The second-order valence-corrected chi connectivity index (χ2v) is 6.93. The number of nitrogens with one attached hydrogen (secondary N) is 2. The molecule has 0 radical (unpaired) electrons. The van der Waals surface area contributed by atoms with E-state index in [0.717, 1.165) is 41.2 Å². The van der Waals surface area contributed by atoms with E-state index in [0.29, 0.717) is 0 Å². The molecule has 130 valence electrons. The first kappa shape index (κ1) is 16.1. The zero-order valence-electron chi connectivity index (χ0n) is 14.2. The first-order valence-corrected chi connectivity index (χ1v) is 8.52. The molecule has 3 atom stereocenters. The van der Waals surface area contributed by atoms with Gasteiger partial charge in [0.1, 0.15) is 11.5 Å². The van der Waals surface area contributed by atoms with Crippen LogP contribution in [0.25, 0.3) is 11.4 Å². The summed E-state index contributed by atoms with van der Waals surface area (Å²) < 4.78 is 26.8. The summed E-state index contributed by atoms with van der Waals surface area (Å²) in [7, 11) is 0. The average molecular weight is 342 g/mol. The predicted octanol–water partition coefficient (Wildman–Crippen LogP) is 4.09. The Kier molecular flexibility index (Phi) is 4.00. The number of aromatic amines is 1. The molecular formula is C19H20F2N4. The molecule has 0 bridgehead atoms. The number of halogens is 2. The summed E-state index contributed by atoms with van der Waals surface area (Å²) in [5.74, 6) is -0.486. The molecule has 1 fully saturated rings. The predicted molar refractivity (Wildman–Crippen MR) is 91.4 cm³/mol. The fraction of sp³-hybridized carbons (Fsp3) is 0.368. The van der Waals surface area contributed by atoms with E-state index in [1.807, 2.05) is 13.1 Å². The molecule has 1 aromatic rings. The minimum Gasteiger partial charge on any atom is -0.341 e. The number of benzene rings is 1. The van der Waals surface area contributed by atoms with Gasteiger partial charge in [-0.05, 0) is 49.9 Å². The largest absolute Gasteiger partial charge is 0.341 e. The maximum Gasteiger partial charge on any atom is 0.159 e. The molecule has 0 amide bonds. The lowest BCUT2D eigenvalue weighted by molar-refractivity contribution is 0.298. The summed E-state index contributed by atoms with van der Waals surface area (Å²) in [6, 6.07) is 4.34. The maximum atomic E-state index is 13.6. The molecule has 4 nitrogen and oxygen atoms in total. The normalized spacial score (nSPS) is 23.9. The quantitative estimate of drug-likeness (QED) is 0.737. The van der Waals surface area contributed by atoms with Crippen LogP contribution in [0, 0.1) is 18.6 Å². The van der Waals surface area contributed by atoms with Crippen LogP contribution in [0.4, 0.5) is 8.78 Å². The van der Waals surface area contributed by atoms with E-state index in [2.05, 4.69) is 27.2 Å². The molecule has 2 N–H and O–H groups in total. The number of H-pyrrole nitrogens is 1. The van der Waals surface area contributed by atoms with Crippen LogP contribution in [0.3, 0.4) is 0 Å². The van der Waals surface area contributed by atoms with E-state index in [-0.39, 0.29) is 18.0 Å². The summed E-state index contributed by atoms with van der Waals surface area (Å²) in [4.78, 5) is 12.3. The Labute approximate surface area is 145 Å². The monoisotopic (exact) mass is 342 g/mol. The van der Waals surface area contributed by atoms with E-state index < -0.39 is 11.6 Å². The third kappa shape index (κ3) is 3.02. The third-order valence-electron chi connectivity index (χ3n) is 5.00. The summed E-state index contributed by atoms with van der Waals surface area (Å²) in [6.45, 7) is 4.12. The van der Waals surface area contributed by atoms with Crippen LogP contribution in [0.5, 0.6) is 0 Å². The van der Waals surface area contributed by atoms with Crippen LogP contribution in [0.1, 0.15) is 48.7 Å². The van der Waals surface area contributed by atoms with Gasteiger partial charge in [0.15, 0.2) is 11.6 Å². The minimum absolute atomic E-state index is 0.0337. The molecule has 3 aliphatic rings. The van der Waals surface area contributed by atoms with E-state index in [1.165, 1.54) is 12.1 Å². The Bertz CT molecular complexity index is 876. The van der Waals surface area contributed by atoms with Crippen LogP contribution in [0.2, 0.25) is 0 Å². The number of aromatic nitrogens is 3. The number of fused-ring (bicyclic) bond motifs is 1. The second kappa shape index (κ2) is 6.19. The van der Waals surface area contributed by atoms with Crippen LogP contribution in [0.15, 0.2) is 30.6 Å². The van der Waals surface area contributed by atoms with Crippen molar-refractivity contribution in [2.24, 2.45) is 0 Å². The highest BCUT2D eigenvalue weighted by Crippen LogP contribution is 2.36. The number of piperidine rings is 1. The van der Waals surface area contributed by atoms with Crippen molar-refractivity contribution in [1.29, 1.82) is 0 Å². The van der Waals surface area contributed by atoms with E-state index in [9.17, 15) is 8.78 Å². The fourth-order valence-electron chi connectivity index (χ4n) is 3.73. The maximum absolute atomic E-state index is 13.6. The molecule has 0 aliphatic carbocycles. The van der Waals surface area contributed by atoms with Gasteiger partial charge in [0.05, 0.1) is 11.9 Å². The van der Waals surface area contributed by atoms with E-state index >= 15 is 0 Å². The smallest absolute Gasteiger partial charge is 0.159 e. The van der Waals surface area contributed by atoms with Gasteiger partial charge in [0.2, 0.25) is 0 Å². The van der Waals surface area contributed by atoms with Gasteiger partial charge in [-0.1, -0.05) is 6.07 Å². The van der Waals surface area contributed by atoms with Crippen LogP contribution < -0.4 is 5.32 Å². The number of hydrogen-bond donors (Lipinski definition) is 2. The van der Waals surface area contributed by atoms with Gasteiger partial charge in [0.25, 0.3) is 0 Å². The lowest BCUT2D eigenvalue weighted by atomic mass is 9.84. The van der Waals surface area contributed by atoms with Crippen molar-refractivity contribution in [3.05, 3.63) is 59.2 Å². The van der Waals surface area contributed by atoms with E-state index in [1.54, 1.807) is 12.3 Å². The van der Waals surface area contributed by atoms with Crippen molar-refractivity contribution in [2.45, 2.75) is 44.7 Å². The van der Waals surface area contributed by atoms with Crippen molar-refractivity contribution in [3.8, 4) is 11.4 Å². The second-order valence-electron chi connectivity index (χ2n) is 6.93. The van der Waals surface area contributed by atoms with Gasteiger partial charge in [-0.3, -0.25) is 4.98 Å². The summed E-state index contributed by atoms with van der Waals surface area (Å²) >= 11 is 0. The van der Waals surface area contributed by atoms with E-state index in [4.69, 9.17) is 0 Å². The van der Waals surface area contributed by atoms with Gasteiger partial charge in [-0.25, -0.2) is 13.8 Å². The zero-order chi connectivity index (χ0) is 17.6. The molecular weight excluding hydrogens is 322 g/mol. The van der Waals surface area contributed by atoms with Crippen molar-refractivity contribution >= 4 is 0 Å². The Morgan fingerprint density at radius 1 is 1.08 bits per heavy atom. The lowest BCUT2D eigenvalue weighted by Gasteiger charge is -2.34. The van der Waals surface area contributed by atoms with Gasteiger partial charge in [0, 0.05) is 24.2 Å². The molecule has 4 rings (SSSR count). The highest BCUT2D eigenvalue weighted by atomic mass is 19.2. The summed E-state index contributed by atoms with van der Waals surface area (Å²) in [5.41, 5.74) is 3.74. The standard InChI is InChI=1S/C19H20F2N4/c1-10-8-22-17-9-23-19(25-18(10)17)13-5-11(2)24-16(7-13)12-3-4-14(20)15(21)6-12/h3-4,6,8-9,11,13,16,24H,5,7H2,1-2H3,(H,23,25). The number of hydrogen-bond acceptors (Lipinski definition) is 3. The molecule has 6 heteroatoms. The Morgan fingerprint density at radius 2 is 1.92 bits per heavy atom. The van der Waals surface area contributed by atoms with Crippen LogP contribution >= 0.6 is 0 Å². The first-order chi connectivity index (χ1) is 12.0. The Morgan fingerprint density at radius 3 is 2.72 bits per heavy atom. The summed E-state index contributed by atoms with van der Waals surface area (Å²) in [5, 5.41) is 3.48. The molecule has 0 spiro atoms. The molecule has 1 aromatic carbocycles. The van der Waals surface area contributed by atoms with Gasteiger partial charge >= 0.3 is 0 Å². The summed E-state index contributed by atoms with van der Waals surface area (Å²) in [6.07, 6.45) is 5.34. The third-order valence-corrected chi connectivity index (χ3v) is 5.00. The lowest BCUT2D eigenvalue weighted by Crippen LogP contribution is -2.38. The Balaban J connectivity index is 1.64. The molecule has 0 saturated carbocycles.